The van der Waals surface area contributed by atoms with Crippen molar-refractivity contribution in [3.63, 3.8) is 0 Å². The molecule has 3 aliphatic rings. The molecular weight excluding hydrogens is 366 g/mol. The maximum atomic E-state index is 13.1. The topological polar surface area (TPSA) is 79.5 Å². The van der Waals surface area contributed by atoms with Crippen LogP contribution in [0.15, 0.2) is 47.1 Å². The minimum absolute atomic E-state index is 0.0523. The van der Waals surface area contributed by atoms with Crippen molar-refractivity contribution in [2.75, 3.05) is 0 Å². The molecule has 2 aromatic rings. The zero-order valence-electron chi connectivity index (χ0n) is 16.8. The lowest BCUT2D eigenvalue weighted by atomic mass is 9.52. The van der Waals surface area contributed by atoms with Gasteiger partial charge in [-0.25, -0.2) is 0 Å². The number of carboxylic acids is 1. The van der Waals surface area contributed by atoms with Gasteiger partial charge in [0.25, 0.3) is 5.91 Å². The fourth-order valence-electron chi connectivity index (χ4n) is 5.23. The van der Waals surface area contributed by atoms with Crippen molar-refractivity contribution < 1.29 is 19.1 Å². The minimum atomic E-state index is -0.742. The average Bonchev–Trinajstić information content (AvgIpc) is 3.19. The molecule has 2 N–H and O–H groups in total. The fourth-order valence-corrected chi connectivity index (χ4v) is 5.23. The molecule has 1 heterocycles. The van der Waals surface area contributed by atoms with Crippen LogP contribution >= 0.6 is 0 Å². The van der Waals surface area contributed by atoms with E-state index in [1.54, 1.807) is 6.26 Å². The van der Waals surface area contributed by atoms with Crippen LogP contribution in [0.2, 0.25) is 0 Å². The van der Waals surface area contributed by atoms with Gasteiger partial charge in [0, 0.05) is 17.8 Å². The lowest BCUT2D eigenvalue weighted by molar-refractivity contribution is -0.137. The molecule has 5 heteroatoms. The molecule has 3 saturated carbocycles. The summed E-state index contributed by atoms with van der Waals surface area (Å²) in [5, 5.41) is 13.0. The first kappa shape index (κ1) is 19.7. The molecule has 5 nitrogen and oxygen atoms in total. The first-order valence-corrected chi connectivity index (χ1v) is 10.7. The summed E-state index contributed by atoms with van der Waals surface area (Å²) < 4.78 is 5.55. The number of hydrogen-bond donors (Lipinski definition) is 2. The van der Waals surface area contributed by atoms with Gasteiger partial charge in [-0.3, -0.25) is 9.59 Å². The molecule has 1 unspecified atom stereocenters. The van der Waals surface area contributed by atoms with Gasteiger partial charge in [-0.05, 0) is 67.9 Å². The van der Waals surface area contributed by atoms with Gasteiger partial charge >= 0.3 is 5.97 Å². The van der Waals surface area contributed by atoms with Crippen LogP contribution in [0.1, 0.15) is 55.8 Å². The Morgan fingerprint density at radius 2 is 2.10 bits per heavy atom. The number of para-hydroxylation sites is 1. The molecule has 1 aromatic carbocycles. The number of nitrogens with one attached hydrogen (secondary N) is 1. The molecule has 0 saturated heterocycles. The molecule has 0 spiro atoms. The molecule has 5 atom stereocenters. The summed E-state index contributed by atoms with van der Waals surface area (Å²) in [6.45, 7) is 2.31. The van der Waals surface area contributed by atoms with Gasteiger partial charge < -0.3 is 14.8 Å². The molecule has 5 rings (SSSR count). The SMILES string of the molecule is CC1[C@@H]2C[C@H](C/C=C\CCCC(=O)O)[C@H](NC(=O)c3cccc4ccoc34)[C@H]1C2. The lowest BCUT2D eigenvalue weighted by Gasteiger charge is -2.56. The summed E-state index contributed by atoms with van der Waals surface area (Å²) >= 11 is 0. The third kappa shape index (κ3) is 4.09. The van der Waals surface area contributed by atoms with Crippen LogP contribution in [0.5, 0.6) is 0 Å². The van der Waals surface area contributed by atoms with E-state index in [0.29, 0.717) is 35.3 Å². The Bertz CT molecular complexity index is 914. The van der Waals surface area contributed by atoms with E-state index in [-0.39, 0.29) is 18.4 Å². The highest BCUT2D eigenvalue weighted by molar-refractivity contribution is 6.05. The van der Waals surface area contributed by atoms with E-state index < -0.39 is 5.97 Å². The van der Waals surface area contributed by atoms with Crippen molar-refractivity contribution in [3.8, 4) is 0 Å². The Labute approximate surface area is 171 Å². The second-order valence-corrected chi connectivity index (χ2v) is 8.65. The van der Waals surface area contributed by atoms with Crippen LogP contribution in [-0.2, 0) is 4.79 Å². The number of amides is 1. The largest absolute Gasteiger partial charge is 0.481 e. The first-order chi connectivity index (χ1) is 14.0. The van der Waals surface area contributed by atoms with E-state index in [1.807, 2.05) is 24.3 Å². The Morgan fingerprint density at radius 3 is 2.90 bits per heavy atom. The molecule has 0 aliphatic heterocycles. The van der Waals surface area contributed by atoms with E-state index in [0.717, 1.165) is 30.6 Å². The number of benzene rings is 1. The Kier molecular flexibility index (Phi) is 5.74. The molecule has 29 heavy (non-hydrogen) atoms. The molecule has 1 aromatic heterocycles. The standard InChI is InChI=1S/C24H29NO4/c1-15-18-13-17(7-4-2-3-5-10-21(26)27)22(20(15)14-18)25-24(28)19-9-6-8-16-11-12-29-23(16)19/h2,4,6,8-9,11-12,15,17-18,20,22H,3,5,7,10,13-14H2,1H3,(H,25,28)(H,26,27)/b4-2-/t15?,17-,18+,20-,22-/m0/s1. The summed E-state index contributed by atoms with van der Waals surface area (Å²) in [6.07, 6.45) is 10.9. The Morgan fingerprint density at radius 1 is 1.24 bits per heavy atom. The van der Waals surface area contributed by atoms with Gasteiger partial charge in [0.15, 0.2) is 0 Å². The number of carboxylic acid groups (broad SMARTS) is 1. The number of hydrogen-bond acceptors (Lipinski definition) is 3. The third-order valence-electron chi connectivity index (χ3n) is 6.96. The van der Waals surface area contributed by atoms with Crippen LogP contribution in [0.4, 0.5) is 0 Å². The fraction of sp³-hybridized carbons (Fsp3) is 0.500. The second-order valence-electron chi connectivity index (χ2n) is 8.65. The predicted molar refractivity (Wildman–Crippen MR) is 112 cm³/mol. The number of furan rings is 1. The van der Waals surface area contributed by atoms with E-state index >= 15 is 0 Å². The number of carbonyl (C=O) groups is 2. The molecule has 0 radical (unpaired) electrons. The zero-order valence-corrected chi connectivity index (χ0v) is 16.8. The highest BCUT2D eigenvalue weighted by Crippen LogP contribution is 2.53. The summed E-state index contributed by atoms with van der Waals surface area (Å²) in [5.41, 5.74) is 1.25. The summed E-state index contributed by atoms with van der Waals surface area (Å²) in [5.74, 6) is 1.62. The van der Waals surface area contributed by atoms with Crippen LogP contribution in [0.25, 0.3) is 11.0 Å². The van der Waals surface area contributed by atoms with Crippen molar-refractivity contribution in [2.24, 2.45) is 23.7 Å². The highest BCUT2D eigenvalue weighted by Gasteiger charge is 2.50. The van der Waals surface area contributed by atoms with Crippen LogP contribution < -0.4 is 5.32 Å². The van der Waals surface area contributed by atoms with Crippen molar-refractivity contribution in [1.29, 1.82) is 0 Å². The van der Waals surface area contributed by atoms with Gasteiger partial charge in [-0.2, -0.15) is 0 Å². The molecule has 1 amide bonds. The van der Waals surface area contributed by atoms with Crippen molar-refractivity contribution in [3.05, 3.63) is 48.2 Å². The lowest BCUT2D eigenvalue weighted by Crippen LogP contribution is -2.58. The normalized spacial score (nSPS) is 28.4. The Hall–Kier alpha value is -2.56. The number of rotatable bonds is 8. The quantitative estimate of drug-likeness (QED) is 0.486. The van der Waals surface area contributed by atoms with Gasteiger partial charge in [-0.1, -0.05) is 31.2 Å². The van der Waals surface area contributed by atoms with Crippen LogP contribution in [0.3, 0.4) is 0 Å². The number of fused-ring (bicyclic) bond motifs is 3. The van der Waals surface area contributed by atoms with Gasteiger partial charge in [0.05, 0.1) is 11.8 Å². The monoisotopic (exact) mass is 395 g/mol. The molecule has 3 fully saturated rings. The van der Waals surface area contributed by atoms with Gasteiger partial charge in [0.2, 0.25) is 0 Å². The third-order valence-corrected chi connectivity index (χ3v) is 6.96. The van der Waals surface area contributed by atoms with Crippen molar-refractivity contribution >= 4 is 22.8 Å². The smallest absolute Gasteiger partial charge is 0.303 e. The van der Waals surface area contributed by atoms with E-state index in [1.165, 1.54) is 6.42 Å². The number of allylic oxidation sites excluding steroid dienone is 2. The van der Waals surface area contributed by atoms with E-state index in [9.17, 15) is 9.59 Å². The molecule has 3 aliphatic carbocycles. The minimum Gasteiger partial charge on any atom is -0.481 e. The van der Waals surface area contributed by atoms with Crippen LogP contribution in [0, 0.1) is 23.7 Å². The predicted octanol–water partition coefficient (Wildman–Crippen LogP) is 5.02. The maximum absolute atomic E-state index is 13.1. The summed E-state index contributed by atoms with van der Waals surface area (Å²) in [4.78, 5) is 23.7. The number of unbranched alkanes of at least 4 members (excludes halogenated alkanes) is 1. The Balaban J connectivity index is 1.41. The highest BCUT2D eigenvalue weighted by atomic mass is 16.4. The van der Waals surface area contributed by atoms with Crippen LogP contribution in [-0.4, -0.2) is 23.0 Å². The maximum Gasteiger partial charge on any atom is 0.303 e. The summed E-state index contributed by atoms with van der Waals surface area (Å²) in [6, 6.07) is 7.73. The van der Waals surface area contributed by atoms with Gasteiger partial charge in [0.1, 0.15) is 5.58 Å². The van der Waals surface area contributed by atoms with Gasteiger partial charge in [-0.15, -0.1) is 0 Å². The molecule has 154 valence electrons. The summed E-state index contributed by atoms with van der Waals surface area (Å²) in [7, 11) is 0. The second kappa shape index (κ2) is 8.44. The molecule has 2 bridgehead atoms. The number of carbonyl (C=O) groups excluding carboxylic acids is 1. The number of aliphatic carboxylic acids is 1. The first-order valence-electron chi connectivity index (χ1n) is 10.7. The molecular formula is C24H29NO4. The van der Waals surface area contributed by atoms with Crippen molar-refractivity contribution in [1.82, 2.24) is 5.32 Å². The average molecular weight is 395 g/mol. The van der Waals surface area contributed by atoms with E-state index in [4.69, 9.17) is 9.52 Å². The van der Waals surface area contributed by atoms with E-state index in [2.05, 4.69) is 24.4 Å². The zero-order chi connectivity index (χ0) is 20.4. The van der Waals surface area contributed by atoms with Crippen molar-refractivity contribution in [2.45, 2.75) is 51.5 Å².